The maximum atomic E-state index is 11.6. The van der Waals surface area contributed by atoms with Gasteiger partial charge >= 0.3 is 5.97 Å². The van der Waals surface area contributed by atoms with Crippen LogP contribution < -0.4 is 0 Å². The molecule has 0 aromatic heterocycles. The smallest absolute Gasteiger partial charge is 0.314 e. The average Bonchev–Trinajstić information content (AvgIpc) is 2.43. The van der Waals surface area contributed by atoms with Crippen LogP contribution in [-0.4, -0.2) is 11.8 Å². The van der Waals surface area contributed by atoms with Gasteiger partial charge in [-0.05, 0) is 6.92 Å². The third kappa shape index (κ3) is 1.21. The largest absolute Gasteiger partial charge is 0.446 e. The Morgan fingerprint density at radius 1 is 1.21 bits per heavy atom. The van der Waals surface area contributed by atoms with Crippen LogP contribution in [0.2, 0.25) is 0 Å². The van der Waals surface area contributed by atoms with Crippen molar-refractivity contribution in [3.63, 3.8) is 0 Å². The Bertz CT molecular complexity index is 383. The molecule has 1 aliphatic heterocycles. The van der Waals surface area contributed by atoms with Crippen molar-refractivity contribution in [1.82, 2.24) is 0 Å². The molecule has 1 heterocycles. The van der Waals surface area contributed by atoms with E-state index in [0.717, 1.165) is 5.56 Å². The lowest BCUT2D eigenvalue weighted by Gasteiger charge is -2.20. The second-order valence-corrected chi connectivity index (χ2v) is 3.47. The first-order valence-corrected chi connectivity index (χ1v) is 4.43. The molecule has 1 aromatic carbocycles. The number of Topliss-reactive ketones (excluding diaryl/α,β-unsaturated/α-hetero) is 1. The Morgan fingerprint density at radius 3 is 2.36 bits per heavy atom. The van der Waals surface area contributed by atoms with Gasteiger partial charge in [-0.3, -0.25) is 9.59 Å². The van der Waals surface area contributed by atoms with Crippen molar-refractivity contribution >= 4 is 11.8 Å². The lowest BCUT2D eigenvalue weighted by Crippen LogP contribution is -2.28. The van der Waals surface area contributed by atoms with E-state index in [0.29, 0.717) is 0 Å². The summed E-state index contributed by atoms with van der Waals surface area (Å²) in [6.45, 7) is 1.63. The first kappa shape index (κ1) is 8.94. The number of cyclic esters (lactones) is 1. The number of hydrogen-bond acceptors (Lipinski definition) is 3. The maximum Gasteiger partial charge on any atom is 0.314 e. The summed E-state index contributed by atoms with van der Waals surface area (Å²) in [6.07, 6.45) is -0.120. The zero-order valence-corrected chi connectivity index (χ0v) is 7.82. The predicted molar refractivity (Wildman–Crippen MR) is 49.5 cm³/mol. The molecular weight excluding hydrogens is 180 g/mol. The van der Waals surface area contributed by atoms with E-state index in [1.807, 2.05) is 18.2 Å². The topological polar surface area (TPSA) is 43.4 Å². The first-order chi connectivity index (χ1) is 6.63. The summed E-state index contributed by atoms with van der Waals surface area (Å²) in [6, 6.07) is 9.07. The van der Waals surface area contributed by atoms with Crippen LogP contribution in [0, 0.1) is 0 Å². The Labute approximate surface area is 81.7 Å². The summed E-state index contributed by atoms with van der Waals surface area (Å²) in [5.41, 5.74) is -0.339. The van der Waals surface area contributed by atoms with Crippen LogP contribution in [0.1, 0.15) is 18.9 Å². The molecule has 2 rings (SSSR count). The fourth-order valence-electron chi connectivity index (χ4n) is 1.60. The molecule has 72 valence electrons. The molecule has 0 radical (unpaired) electrons. The van der Waals surface area contributed by atoms with Crippen LogP contribution in [0.4, 0.5) is 0 Å². The summed E-state index contributed by atoms with van der Waals surface area (Å²) in [5, 5.41) is 0. The number of carbonyl (C=O) groups is 2. The van der Waals surface area contributed by atoms with E-state index in [4.69, 9.17) is 4.74 Å². The molecule has 0 bridgehead atoms. The first-order valence-electron chi connectivity index (χ1n) is 4.43. The van der Waals surface area contributed by atoms with Crippen LogP contribution in [0.3, 0.4) is 0 Å². The molecule has 1 aliphatic rings. The van der Waals surface area contributed by atoms with Gasteiger partial charge in [0.1, 0.15) is 6.42 Å². The normalized spacial score (nSPS) is 26.4. The van der Waals surface area contributed by atoms with Crippen LogP contribution in [0.15, 0.2) is 30.3 Å². The van der Waals surface area contributed by atoms with E-state index in [2.05, 4.69) is 0 Å². The van der Waals surface area contributed by atoms with Crippen molar-refractivity contribution in [3.8, 4) is 0 Å². The lowest BCUT2D eigenvalue weighted by atomic mass is 9.92. The van der Waals surface area contributed by atoms with E-state index in [9.17, 15) is 9.59 Å². The van der Waals surface area contributed by atoms with Gasteiger partial charge in [-0.1, -0.05) is 30.3 Å². The van der Waals surface area contributed by atoms with E-state index >= 15 is 0 Å². The molecule has 3 nitrogen and oxygen atoms in total. The Kier molecular flexibility index (Phi) is 1.88. The molecule has 3 heteroatoms. The van der Waals surface area contributed by atoms with Crippen LogP contribution in [-0.2, 0) is 19.9 Å². The number of benzene rings is 1. The SMILES string of the molecule is C[C@@]1(c2ccccc2)OC(=O)CC1=O. The molecule has 1 saturated heterocycles. The molecule has 1 aromatic rings. The van der Waals surface area contributed by atoms with Gasteiger partial charge in [-0.15, -0.1) is 0 Å². The summed E-state index contributed by atoms with van der Waals surface area (Å²) < 4.78 is 5.06. The number of rotatable bonds is 1. The quantitative estimate of drug-likeness (QED) is 0.497. The Balaban J connectivity index is 2.43. The molecule has 1 atom stereocenters. The van der Waals surface area contributed by atoms with Gasteiger partial charge in [-0.2, -0.15) is 0 Å². The van der Waals surface area contributed by atoms with Gasteiger partial charge < -0.3 is 4.74 Å². The highest BCUT2D eigenvalue weighted by molar-refractivity contribution is 6.06. The molecule has 0 amide bonds. The molecular formula is C11H10O3. The summed E-state index contributed by atoms with van der Waals surface area (Å²) in [7, 11) is 0. The van der Waals surface area contributed by atoms with Gasteiger partial charge in [0.2, 0.25) is 0 Å². The minimum atomic E-state index is -1.07. The molecule has 0 spiro atoms. The number of esters is 1. The molecule has 1 fully saturated rings. The van der Waals surface area contributed by atoms with Gasteiger partial charge in [0.25, 0.3) is 0 Å². The van der Waals surface area contributed by atoms with Crippen molar-refractivity contribution < 1.29 is 14.3 Å². The molecule has 0 N–H and O–H groups in total. The zero-order chi connectivity index (χ0) is 10.2. The lowest BCUT2D eigenvalue weighted by molar-refractivity contribution is -0.151. The van der Waals surface area contributed by atoms with Crippen molar-refractivity contribution in [1.29, 1.82) is 0 Å². The van der Waals surface area contributed by atoms with Crippen LogP contribution in [0.5, 0.6) is 0 Å². The predicted octanol–water partition coefficient (Wildman–Crippen LogP) is 1.42. The molecule has 0 aliphatic carbocycles. The summed E-state index contributed by atoms with van der Waals surface area (Å²) in [5.74, 6) is -0.616. The monoisotopic (exact) mass is 190 g/mol. The van der Waals surface area contributed by atoms with Crippen molar-refractivity contribution in [3.05, 3.63) is 35.9 Å². The fraction of sp³-hybridized carbons (Fsp3) is 0.273. The second kappa shape index (κ2) is 2.94. The molecule has 0 saturated carbocycles. The third-order valence-corrected chi connectivity index (χ3v) is 2.48. The minimum Gasteiger partial charge on any atom is -0.446 e. The van der Waals surface area contributed by atoms with E-state index in [-0.39, 0.29) is 12.2 Å². The average molecular weight is 190 g/mol. The standard InChI is InChI=1S/C11H10O3/c1-11(8-5-3-2-4-6-8)9(12)7-10(13)14-11/h2-6H,7H2,1H3/t11-/m0/s1. The fourth-order valence-corrected chi connectivity index (χ4v) is 1.60. The molecule has 0 unspecified atom stereocenters. The Hall–Kier alpha value is -1.64. The highest BCUT2D eigenvalue weighted by Gasteiger charge is 2.45. The minimum absolute atomic E-state index is 0.120. The number of hydrogen-bond donors (Lipinski definition) is 0. The van der Waals surface area contributed by atoms with Crippen molar-refractivity contribution in [2.75, 3.05) is 0 Å². The van der Waals surface area contributed by atoms with E-state index < -0.39 is 11.6 Å². The van der Waals surface area contributed by atoms with Gasteiger partial charge in [-0.25, -0.2) is 0 Å². The van der Waals surface area contributed by atoms with Crippen LogP contribution in [0.25, 0.3) is 0 Å². The van der Waals surface area contributed by atoms with Gasteiger partial charge in [0, 0.05) is 5.56 Å². The Morgan fingerprint density at radius 2 is 1.86 bits per heavy atom. The third-order valence-electron chi connectivity index (χ3n) is 2.48. The second-order valence-electron chi connectivity index (χ2n) is 3.47. The van der Waals surface area contributed by atoms with Gasteiger partial charge in [0.15, 0.2) is 11.4 Å². The zero-order valence-electron chi connectivity index (χ0n) is 7.82. The summed E-state index contributed by atoms with van der Waals surface area (Å²) >= 11 is 0. The summed E-state index contributed by atoms with van der Waals surface area (Å²) in [4.78, 5) is 22.6. The maximum absolute atomic E-state index is 11.6. The number of ether oxygens (including phenoxy) is 1. The van der Waals surface area contributed by atoms with Crippen LogP contribution >= 0.6 is 0 Å². The van der Waals surface area contributed by atoms with Crippen molar-refractivity contribution in [2.45, 2.75) is 18.9 Å². The molecule has 14 heavy (non-hydrogen) atoms. The number of ketones is 1. The van der Waals surface area contributed by atoms with E-state index in [1.54, 1.807) is 19.1 Å². The number of carbonyl (C=O) groups excluding carboxylic acids is 2. The van der Waals surface area contributed by atoms with Crippen molar-refractivity contribution in [2.24, 2.45) is 0 Å². The highest BCUT2D eigenvalue weighted by atomic mass is 16.6. The highest BCUT2D eigenvalue weighted by Crippen LogP contribution is 2.32. The van der Waals surface area contributed by atoms with Gasteiger partial charge in [0.05, 0.1) is 0 Å². The van der Waals surface area contributed by atoms with E-state index in [1.165, 1.54) is 0 Å².